The highest BCUT2D eigenvalue weighted by molar-refractivity contribution is 6.35. The molecule has 0 aliphatic carbocycles. The maximum atomic E-state index is 9.36. The number of phenols is 1. The van der Waals surface area contributed by atoms with E-state index in [-0.39, 0.29) is 25.0 Å². The second kappa shape index (κ2) is 12.7. The molecule has 2 aromatic carbocycles. The molecule has 2 aromatic heterocycles. The van der Waals surface area contributed by atoms with Crippen molar-refractivity contribution in [1.82, 2.24) is 29.7 Å². The average Bonchev–Trinajstić information content (AvgIpc) is 3.73. The van der Waals surface area contributed by atoms with Crippen molar-refractivity contribution in [2.45, 2.75) is 18.4 Å². The van der Waals surface area contributed by atoms with Gasteiger partial charge >= 0.3 is 0 Å². The summed E-state index contributed by atoms with van der Waals surface area (Å²) in [4.78, 5) is 7.97. The molecule has 2 atom stereocenters. The van der Waals surface area contributed by atoms with Crippen LogP contribution in [0.1, 0.15) is 5.56 Å². The van der Waals surface area contributed by atoms with E-state index in [1.54, 1.807) is 53.5 Å². The lowest BCUT2D eigenvalue weighted by atomic mass is 10.1. The number of hydrogen-bond donors (Lipinski definition) is 2. The number of rotatable bonds is 7. The summed E-state index contributed by atoms with van der Waals surface area (Å²) < 4.78 is 21.8. The molecule has 4 heterocycles. The quantitative estimate of drug-likeness (QED) is 0.344. The molecule has 2 aliphatic rings. The number of nitrogens with one attached hydrogen (secondary N) is 1. The average molecular weight is 574 g/mol. The van der Waals surface area contributed by atoms with Crippen LogP contribution in [0, 0.1) is 0 Å². The summed E-state index contributed by atoms with van der Waals surface area (Å²) in [5.41, 5.74) is 0.654. The van der Waals surface area contributed by atoms with E-state index in [9.17, 15) is 5.11 Å². The molecule has 0 bridgehead atoms. The highest BCUT2D eigenvalue weighted by Gasteiger charge is 2.45. The molecule has 2 fully saturated rings. The summed E-state index contributed by atoms with van der Waals surface area (Å²) in [6.45, 7) is 5.12. The topological polar surface area (TPSA) is 112 Å². The van der Waals surface area contributed by atoms with Crippen LogP contribution < -0.4 is 15.1 Å². The van der Waals surface area contributed by atoms with Crippen molar-refractivity contribution in [3.63, 3.8) is 0 Å². The number of benzene rings is 2. The fraction of sp³-hybridized carbons (Fsp3) is 0.346. The van der Waals surface area contributed by atoms with E-state index in [4.69, 9.17) is 37.4 Å². The molecule has 39 heavy (non-hydrogen) atoms. The van der Waals surface area contributed by atoms with Gasteiger partial charge in [-0.05, 0) is 36.4 Å². The zero-order valence-electron chi connectivity index (χ0n) is 21.1. The van der Waals surface area contributed by atoms with Gasteiger partial charge in [-0.3, -0.25) is 4.68 Å². The van der Waals surface area contributed by atoms with Gasteiger partial charge in [0.1, 0.15) is 49.7 Å². The molecule has 11 nitrogen and oxygen atoms in total. The molecule has 6 rings (SSSR count). The van der Waals surface area contributed by atoms with Crippen LogP contribution in [0.25, 0.3) is 0 Å². The van der Waals surface area contributed by atoms with Crippen LogP contribution in [0.3, 0.4) is 0 Å². The van der Waals surface area contributed by atoms with Gasteiger partial charge in [-0.1, -0.05) is 29.3 Å². The summed E-state index contributed by atoms with van der Waals surface area (Å²) in [6.07, 6.45) is 8.32. The Morgan fingerprint density at radius 3 is 2.59 bits per heavy atom. The van der Waals surface area contributed by atoms with Crippen molar-refractivity contribution in [2.75, 3.05) is 44.4 Å². The van der Waals surface area contributed by atoms with Crippen LogP contribution in [0.4, 0.5) is 0 Å². The molecule has 2 unspecified atom stereocenters. The fourth-order valence-corrected chi connectivity index (χ4v) is 4.87. The standard InChI is InChI=1S/C19H17Cl2N3O4.C7H12N4/c20-13-1-6-17(18(21)7-13)19(10-24-12-22-11-23-24)27-9-16(28-19)8-26-15-4-2-14(25)3-5-15;1-4-10(5-2-8-1)11-6-3-9-7-11/h1-7,11-12,16,25H,8-10H2;3,6-8H,1-2,4-5H2. The summed E-state index contributed by atoms with van der Waals surface area (Å²) in [6, 6.07) is 11.7. The van der Waals surface area contributed by atoms with Crippen LogP contribution in [-0.4, -0.2) is 75.0 Å². The SMILES string of the molecule is Oc1ccc(OCC2COC(Cn3cncn3)(c3ccc(Cl)cc3Cl)O2)cc1.c1cn(N2CCNCC2)cn1. The number of piperazine rings is 1. The van der Waals surface area contributed by atoms with Gasteiger partial charge in [-0.2, -0.15) is 5.10 Å². The molecule has 13 heteroatoms. The zero-order valence-corrected chi connectivity index (χ0v) is 22.6. The first-order valence-corrected chi connectivity index (χ1v) is 13.2. The minimum Gasteiger partial charge on any atom is -0.508 e. The number of nitrogens with zero attached hydrogens (tertiary/aromatic N) is 6. The zero-order chi connectivity index (χ0) is 27.1. The largest absolute Gasteiger partial charge is 0.508 e. The van der Waals surface area contributed by atoms with Crippen molar-refractivity contribution in [3.05, 3.63) is 89.4 Å². The Bertz CT molecular complexity index is 1300. The van der Waals surface area contributed by atoms with E-state index in [1.807, 2.05) is 23.4 Å². The predicted octanol–water partition coefficient (Wildman–Crippen LogP) is 3.06. The number of hydrogen-bond acceptors (Lipinski definition) is 9. The summed E-state index contributed by atoms with van der Waals surface area (Å²) in [5, 5.41) is 20.0. The summed E-state index contributed by atoms with van der Waals surface area (Å²) in [5.74, 6) is -0.338. The van der Waals surface area contributed by atoms with Gasteiger partial charge in [0, 0.05) is 49.2 Å². The van der Waals surface area contributed by atoms with Crippen LogP contribution >= 0.6 is 23.2 Å². The number of imidazole rings is 1. The van der Waals surface area contributed by atoms with Crippen molar-refractivity contribution in [3.8, 4) is 11.5 Å². The van der Waals surface area contributed by atoms with E-state index in [0.29, 0.717) is 28.0 Å². The van der Waals surface area contributed by atoms with Crippen LogP contribution in [-0.2, 0) is 21.8 Å². The minimum atomic E-state index is -1.14. The Hall–Kier alpha value is -3.35. The molecule has 2 aliphatic heterocycles. The Labute approximate surface area is 235 Å². The molecule has 0 spiro atoms. The van der Waals surface area contributed by atoms with E-state index < -0.39 is 5.79 Å². The van der Waals surface area contributed by atoms with Gasteiger partial charge in [-0.25, -0.2) is 14.6 Å². The van der Waals surface area contributed by atoms with Crippen LogP contribution in [0.5, 0.6) is 11.5 Å². The van der Waals surface area contributed by atoms with Gasteiger partial charge in [0.05, 0.1) is 11.6 Å². The van der Waals surface area contributed by atoms with Crippen molar-refractivity contribution < 1.29 is 19.3 Å². The molecular formula is C26H29Cl2N7O4. The summed E-state index contributed by atoms with van der Waals surface area (Å²) >= 11 is 12.5. The van der Waals surface area contributed by atoms with Crippen molar-refractivity contribution in [1.29, 1.82) is 0 Å². The molecular weight excluding hydrogens is 545 g/mol. The second-order valence-electron chi connectivity index (χ2n) is 8.97. The molecule has 2 saturated heterocycles. The van der Waals surface area contributed by atoms with Crippen molar-refractivity contribution >= 4 is 23.2 Å². The number of ether oxygens (including phenoxy) is 3. The third-order valence-electron chi connectivity index (χ3n) is 6.22. The Morgan fingerprint density at radius 2 is 1.90 bits per heavy atom. The predicted molar refractivity (Wildman–Crippen MR) is 146 cm³/mol. The Kier molecular flexibility index (Phi) is 8.84. The third-order valence-corrected chi connectivity index (χ3v) is 6.77. The van der Waals surface area contributed by atoms with E-state index in [1.165, 1.54) is 6.33 Å². The van der Waals surface area contributed by atoms with E-state index in [0.717, 1.165) is 26.2 Å². The van der Waals surface area contributed by atoms with Crippen LogP contribution in [0.15, 0.2) is 73.8 Å². The monoisotopic (exact) mass is 573 g/mol. The molecule has 206 valence electrons. The van der Waals surface area contributed by atoms with E-state index >= 15 is 0 Å². The van der Waals surface area contributed by atoms with Gasteiger partial charge < -0.3 is 29.6 Å². The number of aromatic nitrogens is 5. The van der Waals surface area contributed by atoms with Gasteiger partial charge in [0.2, 0.25) is 5.79 Å². The smallest absolute Gasteiger partial charge is 0.217 e. The van der Waals surface area contributed by atoms with E-state index in [2.05, 4.69) is 25.4 Å². The molecule has 0 amide bonds. The lowest BCUT2D eigenvalue weighted by Crippen LogP contribution is -2.48. The molecule has 0 saturated carbocycles. The highest BCUT2D eigenvalue weighted by atomic mass is 35.5. The first-order chi connectivity index (χ1) is 19.0. The molecule has 2 N–H and O–H groups in total. The van der Waals surface area contributed by atoms with Gasteiger partial charge in [0.25, 0.3) is 0 Å². The lowest BCUT2D eigenvalue weighted by molar-refractivity contribution is -0.190. The Morgan fingerprint density at radius 1 is 1.08 bits per heavy atom. The van der Waals surface area contributed by atoms with Crippen LogP contribution in [0.2, 0.25) is 10.0 Å². The maximum absolute atomic E-state index is 9.36. The normalized spacial score (nSPS) is 20.9. The second-order valence-corrected chi connectivity index (χ2v) is 9.82. The van der Waals surface area contributed by atoms with Crippen molar-refractivity contribution in [2.24, 2.45) is 0 Å². The first kappa shape index (κ1) is 27.2. The minimum absolute atomic E-state index is 0.178. The number of phenolic OH excluding ortho intramolecular Hbond substituents is 1. The first-order valence-electron chi connectivity index (χ1n) is 12.5. The fourth-order valence-electron chi connectivity index (χ4n) is 4.32. The molecule has 0 radical (unpaired) electrons. The van der Waals surface area contributed by atoms with Gasteiger partial charge in [0.15, 0.2) is 0 Å². The maximum Gasteiger partial charge on any atom is 0.217 e. The Balaban J connectivity index is 0.000000233. The third kappa shape index (κ3) is 7.00. The highest BCUT2D eigenvalue weighted by Crippen LogP contribution is 2.40. The molecule has 4 aromatic rings. The number of halogens is 2. The van der Waals surface area contributed by atoms with Gasteiger partial charge in [-0.15, -0.1) is 0 Å². The lowest BCUT2D eigenvalue weighted by Gasteiger charge is -2.29. The number of aromatic hydroxyl groups is 1. The summed E-state index contributed by atoms with van der Waals surface area (Å²) in [7, 11) is 0.